The molecule has 0 aliphatic rings. The van der Waals surface area contributed by atoms with Crippen molar-refractivity contribution in [2.75, 3.05) is 0 Å². The summed E-state index contributed by atoms with van der Waals surface area (Å²) in [6.07, 6.45) is 3.63. The number of imidazole rings is 1. The second kappa shape index (κ2) is 5.53. The number of H-pyrrole nitrogens is 1. The molecule has 2 aromatic rings. The zero-order valence-electron chi connectivity index (χ0n) is 11.0. The van der Waals surface area contributed by atoms with E-state index < -0.39 is 5.54 Å². The van der Waals surface area contributed by atoms with Crippen molar-refractivity contribution in [3.8, 4) is 11.3 Å². The van der Waals surface area contributed by atoms with Crippen molar-refractivity contribution in [3.63, 3.8) is 0 Å². The number of aromatic nitrogens is 2. The fraction of sp³-hybridized carbons (Fsp3) is 0.357. The minimum atomic E-state index is -0.452. The molecule has 0 spiro atoms. The Balaban J connectivity index is 2.35. The van der Waals surface area contributed by atoms with Crippen molar-refractivity contribution in [1.29, 1.82) is 0 Å². The van der Waals surface area contributed by atoms with Gasteiger partial charge in [0.05, 0.1) is 22.5 Å². The van der Waals surface area contributed by atoms with Crippen LogP contribution in [0.4, 0.5) is 0 Å². The van der Waals surface area contributed by atoms with Crippen LogP contribution in [0.15, 0.2) is 24.4 Å². The third kappa shape index (κ3) is 3.11. The molecule has 0 fully saturated rings. The monoisotopic (exact) mass is 297 g/mol. The highest BCUT2D eigenvalue weighted by Crippen LogP contribution is 2.30. The van der Waals surface area contributed by atoms with Crippen LogP contribution in [0, 0.1) is 0 Å². The molecule has 1 aromatic heterocycles. The summed E-state index contributed by atoms with van der Waals surface area (Å²) in [5.74, 6) is 0.773. The number of hydrogen-bond acceptors (Lipinski definition) is 2. The highest BCUT2D eigenvalue weighted by molar-refractivity contribution is 6.36. The maximum absolute atomic E-state index is 6.25. The third-order valence-electron chi connectivity index (χ3n) is 3.11. The summed E-state index contributed by atoms with van der Waals surface area (Å²) in [5, 5.41) is 1.21. The standard InChI is InChI=1S/C14H17Cl2N3/c1-3-6-14(2,17)13-18-8-12(19-13)10-5-4-9(15)7-11(10)16/h4-5,7-8H,3,6,17H2,1-2H3,(H,18,19). The number of nitrogens with one attached hydrogen (secondary N) is 1. The Bertz CT molecular complexity index is 576. The average molecular weight is 298 g/mol. The fourth-order valence-electron chi connectivity index (χ4n) is 2.09. The lowest BCUT2D eigenvalue weighted by molar-refractivity contribution is 0.423. The van der Waals surface area contributed by atoms with Gasteiger partial charge in [-0.05, 0) is 31.5 Å². The number of rotatable bonds is 4. The van der Waals surface area contributed by atoms with Gasteiger partial charge in [-0.15, -0.1) is 0 Å². The normalized spacial score (nSPS) is 14.4. The molecule has 102 valence electrons. The first-order valence-corrected chi connectivity index (χ1v) is 6.99. The van der Waals surface area contributed by atoms with E-state index in [1.165, 1.54) is 0 Å². The molecule has 1 unspecified atom stereocenters. The summed E-state index contributed by atoms with van der Waals surface area (Å²) in [7, 11) is 0. The second-order valence-electron chi connectivity index (χ2n) is 4.94. The van der Waals surface area contributed by atoms with Crippen LogP contribution in [0.3, 0.4) is 0 Å². The highest BCUT2D eigenvalue weighted by Gasteiger charge is 2.24. The molecule has 1 aromatic carbocycles. The number of nitrogens with zero attached hydrogens (tertiary/aromatic N) is 1. The predicted octanol–water partition coefficient (Wildman–Crippen LogP) is 4.36. The predicted molar refractivity (Wildman–Crippen MR) is 80.5 cm³/mol. The Hall–Kier alpha value is -1.03. The van der Waals surface area contributed by atoms with Crippen LogP contribution in [0.2, 0.25) is 10.0 Å². The average Bonchev–Trinajstić information content (AvgIpc) is 2.78. The van der Waals surface area contributed by atoms with Gasteiger partial charge in [-0.3, -0.25) is 0 Å². The lowest BCUT2D eigenvalue weighted by atomic mass is 9.97. The smallest absolute Gasteiger partial charge is 0.126 e. The van der Waals surface area contributed by atoms with Crippen molar-refractivity contribution in [2.24, 2.45) is 5.73 Å². The van der Waals surface area contributed by atoms with Gasteiger partial charge in [-0.1, -0.05) is 36.5 Å². The van der Waals surface area contributed by atoms with E-state index >= 15 is 0 Å². The van der Waals surface area contributed by atoms with E-state index in [9.17, 15) is 0 Å². The first-order valence-electron chi connectivity index (χ1n) is 6.24. The molecule has 2 rings (SSSR count). The lowest BCUT2D eigenvalue weighted by Gasteiger charge is -2.21. The quantitative estimate of drug-likeness (QED) is 0.881. The Morgan fingerprint density at radius 2 is 2.11 bits per heavy atom. The van der Waals surface area contributed by atoms with Crippen LogP contribution in [-0.4, -0.2) is 9.97 Å². The molecule has 0 aliphatic carbocycles. The summed E-state index contributed by atoms with van der Waals surface area (Å²) in [6.45, 7) is 4.08. The molecule has 0 bridgehead atoms. The van der Waals surface area contributed by atoms with E-state index in [0.29, 0.717) is 10.0 Å². The van der Waals surface area contributed by atoms with Crippen molar-refractivity contribution in [3.05, 3.63) is 40.3 Å². The van der Waals surface area contributed by atoms with Crippen molar-refractivity contribution in [1.82, 2.24) is 9.97 Å². The summed E-state index contributed by atoms with van der Waals surface area (Å²) in [5.41, 5.74) is 7.53. The minimum Gasteiger partial charge on any atom is -0.340 e. The van der Waals surface area contributed by atoms with Crippen LogP contribution in [0.5, 0.6) is 0 Å². The molecule has 3 N–H and O–H groups in total. The van der Waals surface area contributed by atoms with Gasteiger partial charge in [0.2, 0.25) is 0 Å². The van der Waals surface area contributed by atoms with Gasteiger partial charge in [-0.2, -0.15) is 0 Å². The van der Waals surface area contributed by atoms with Crippen molar-refractivity contribution < 1.29 is 0 Å². The van der Waals surface area contributed by atoms with Crippen molar-refractivity contribution >= 4 is 23.2 Å². The molecular weight excluding hydrogens is 281 g/mol. The van der Waals surface area contributed by atoms with Gasteiger partial charge in [0.15, 0.2) is 0 Å². The van der Waals surface area contributed by atoms with Crippen LogP contribution in [0.25, 0.3) is 11.3 Å². The molecule has 1 atom stereocenters. The van der Waals surface area contributed by atoms with E-state index in [2.05, 4.69) is 16.9 Å². The molecule has 3 nitrogen and oxygen atoms in total. The van der Waals surface area contributed by atoms with Crippen LogP contribution in [0.1, 0.15) is 32.5 Å². The molecular formula is C14H17Cl2N3. The summed E-state index contributed by atoms with van der Waals surface area (Å²) in [4.78, 5) is 7.63. The first-order chi connectivity index (χ1) is 8.94. The summed E-state index contributed by atoms with van der Waals surface area (Å²) in [6, 6.07) is 5.39. The molecule has 0 radical (unpaired) electrons. The zero-order valence-corrected chi connectivity index (χ0v) is 12.5. The zero-order chi connectivity index (χ0) is 14.0. The molecule has 0 saturated carbocycles. The van der Waals surface area contributed by atoms with E-state index in [1.807, 2.05) is 13.0 Å². The Kier molecular flexibility index (Phi) is 4.19. The third-order valence-corrected chi connectivity index (χ3v) is 3.66. The van der Waals surface area contributed by atoms with Gasteiger partial charge in [-0.25, -0.2) is 4.98 Å². The summed E-state index contributed by atoms with van der Waals surface area (Å²) >= 11 is 12.1. The Morgan fingerprint density at radius 3 is 2.74 bits per heavy atom. The fourth-order valence-corrected chi connectivity index (χ4v) is 2.60. The number of benzene rings is 1. The molecule has 1 heterocycles. The van der Waals surface area contributed by atoms with E-state index in [1.54, 1.807) is 18.3 Å². The number of hydrogen-bond donors (Lipinski definition) is 2. The molecule has 0 aliphatic heterocycles. The second-order valence-corrected chi connectivity index (χ2v) is 5.78. The number of halogens is 2. The van der Waals surface area contributed by atoms with E-state index in [4.69, 9.17) is 28.9 Å². The maximum Gasteiger partial charge on any atom is 0.126 e. The first kappa shape index (κ1) is 14.4. The molecule has 5 heteroatoms. The van der Waals surface area contributed by atoms with E-state index in [-0.39, 0.29) is 0 Å². The van der Waals surface area contributed by atoms with Crippen LogP contribution >= 0.6 is 23.2 Å². The molecule has 0 amide bonds. The van der Waals surface area contributed by atoms with Gasteiger partial charge in [0.25, 0.3) is 0 Å². The topological polar surface area (TPSA) is 54.7 Å². The van der Waals surface area contributed by atoms with E-state index in [0.717, 1.165) is 29.9 Å². The van der Waals surface area contributed by atoms with Gasteiger partial charge in [0, 0.05) is 10.6 Å². The number of nitrogens with two attached hydrogens (primary N) is 1. The van der Waals surface area contributed by atoms with Gasteiger partial charge >= 0.3 is 0 Å². The van der Waals surface area contributed by atoms with Gasteiger partial charge in [0.1, 0.15) is 5.82 Å². The number of aromatic amines is 1. The largest absolute Gasteiger partial charge is 0.340 e. The Labute approximate surface area is 123 Å². The van der Waals surface area contributed by atoms with Crippen molar-refractivity contribution in [2.45, 2.75) is 32.2 Å². The summed E-state index contributed by atoms with van der Waals surface area (Å²) < 4.78 is 0. The molecule has 0 saturated heterocycles. The SMILES string of the molecule is CCCC(C)(N)c1ncc(-c2ccc(Cl)cc2Cl)[nH]1. The van der Waals surface area contributed by atoms with Crippen LogP contribution in [-0.2, 0) is 5.54 Å². The Morgan fingerprint density at radius 1 is 1.37 bits per heavy atom. The van der Waals surface area contributed by atoms with Gasteiger partial charge < -0.3 is 10.7 Å². The highest BCUT2D eigenvalue weighted by atomic mass is 35.5. The maximum atomic E-state index is 6.25. The minimum absolute atomic E-state index is 0.452. The molecule has 19 heavy (non-hydrogen) atoms. The van der Waals surface area contributed by atoms with Crippen LogP contribution < -0.4 is 5.73 Å². The lowest BCUT2D eigenvalue weighted by Crippen LogP contribution is -2.34.